The molecule has 0 saturated heterocycles. The summed E-state index contributed by atoms with van der Waals surface area (Å²) < 4.78 is 1.52. The maximum Gasteiger partial charge on any atom is 0.204 e. The molecule has 110 valence electrons. The first-order chi connectivity index (χ1) is 10.1. The fourth-order valence-corrected chi connectivity index (χ4v) is 2.08. The highest BCUT2D eigenvalue weighted by molar-refractivity contribution is 6.40. The Labute approximate surface area is 127 Å². The first-order valence-corrected chi connectivity index (χ1v) is 6.70. The summed E-state index contributed by atoms with van der Waals surface area (Å²) in [5, 5.41) is 8.40. The van der Waals surface area contributed by atoms with Crippen LogP contribution in [0.25, 0.3) is 0 Å². The van der Waals surface area contributed by atoms with E-state index in [0.29, 0.717) is 11.4 Å². The molecule has 1 aromatic carbocycles. The molecule has 2 rings (SSSR count). The Morgan fingerprint density at radius 2 is 2.14 bits per heavy atom. The molecule has 21 heavy (non-hydrogen) atoms. The minimum absolute atomic E-state index is 0.169. The molecule has 0 aliphatic heterocycles. The highest BCUT2D eigenvalue weighted by Gasteiger charge is 2.24. The van der Waals surface area contributed by atoms with E-state index in [0.717, 1.165) is 5.56 Å². The van der Waals surface area contributed by atoms with Crippen molar-refractivity contribution in [3.05, 3.63) is 47.5 Å². The molecular formula is C14H15ClN4O2. The van der Waals surface area contributed by atoms with Gasteiger partial charge in [0.15, 0.2) is 0 Å². The molecule has 0 fully saturated rings. The van der Waals surface area contributed by atoms with Crippen LogP contribution < -0.4 is 0 Å². The first kappa shape index (κ1) is 15.2. The Hall–Kier alpha value is -2.21. The molecule has 1 aromatic heterocycles. The number of nitrogens with zero attached hydrogens (tertiary/aromatic N) is 4. The van der Waals surface area contributed by atoms with E-state index in [1.165, 1.54) is 24.4 Å². The summed E-state index contributed by atoms with van der Waals surface area (Å²) in [6.07, 6.45) is 3.37. The molecular weight excluding hydrogens is 292 g/mol. The molecule has 0 N–H and O–H groups in total. The summed E-state index contributed by atoms with van der Waals surface area (Å²) in [5.74, 6) is -0.169. The summed E-state index contributed by atoms with van der Waals surface area (Å²) >= 11 is 5.87. The number of oxime groups is 1. The Morgan fingerprint density at radius 3 is 2.71 bits per heavy atom. The van der Waals surface area contributed by atoms with Crippen LogP contribution in [0.5, 0.6) is 0 Å². The summed E-state index contributed by atoms with van der Waals surface area (Å²) in [5.41, 5.74) is 1.26. The van der Waals surface area contributed by atoms with Gasteiger partial charge in [-0.1, -0.05) is 28.9 Å². The van der Waals surface area contributed by atoms with Crippen molar-refractivity contribution in [3.8, 4) is 0 Å². The third kappa shape index (κ3) is 3.88. The van der Waals surface area contributed by atoms with Crippen LogP contribution in [0.1, 0.15) is 18.5 Å². The fourth-order valence-electron chi connectivity index (χ4n) is 1.95. The van der Waals surface area contributed by atoms with Gasteiger partial charge in [0.2, 0.25) is 5.78 Å². The van der Waals surface area contributed by atoms with E-state index in [4.69, 9.17) is 11.6 Å². The second-order valence-corrected chi connectivity index (χ2v) is 4.88. The van der Waals surface area contributed by atoms with Gasteiger partial charge in [0.1, 0.15) is 31.5 Å². The van der Waals surface area contributed by atoms with Crippen molar-refractivity contribution in [2.75, 3.05) is 7.11 Å². The Morgan fingerprint density at radius 1 is 1.43 bits per heavy atom. The zero-order valence-electron chi connectivity index (χ0n) is 11.7. The van der Waals surface area contributed by atoms with Gasteiger partial charge >= 0.3 is 0 Å². The van der Waals surface area contributed by atoms with Crippen molar-refractivity contribution in [1.82, 2.24) is 14.8 Å². The second kappa shape index (κ2) is 6.99. The van der Waals surface area contributed by atoms with E-state index >= 15 is 0 Å². The lowest BCUT2D eigenvalue weighted by Crippen LogP contribution is -2.27. The van der Waals surface area contributed by atoms with Gasteiger partial charge in [-0.2, -0.15) is 5.10 Å². The van der Waals surface area contributed by atoms with Gasteiger partial charge in [-0.25, -0.2) is 9.67 Å². The zero-order valence-corrected chi connectivity index (χ0v) is 12.5. The Kier molecular flexibility index (Phi) is 5.05. The number of Topliss-reactive ketones (excluding diaryl/α,β-unsaturated/α-hetero) is 1. The van der Waals surface area contributed by atoms with Crippen LogP contribution in [0, 0.1) is 0 Å². The average Bonchev–Trinajstić information content (AvgIpc) is 3.00. The minimum Gasteiger partial charge on any atom is -0.399 e. The molecule has 1 heterocycles. The molecule has 2 aromatic rings. The summed E-state index contributed by atoms with van der Waals surface area (Å²) in [6, 6.07) is 6.81. The highest BCUT2D eigenvalue weighted by Crippen LogP contribution is 2.17. The van der Waals surface area contributed by atoms with Crippen LogP contribution in [0.15, 0.2) is 42.1 Å². The smallest absolute Gasteiger partial charge is 0.204 e. The van der Waals surface area contributed by atoms with Gasteiger partial charge in [0, 0.05) is 11.4 Å². The molecule has 0 spiro atoms. The number of hydrogen-bond acceptors (Lipinski definition) is 5. The predicted molar refractivity (Wildman–Crippen MR) is 79.3 cm³/mol. The number of benzene rings is 1. The van der Waals surface area contributed by atoms with E-state index in [-0.39, 0.29) is 11.5 Å². The number of carbonyl (C=O) groups is 1. The number of rotatable bonds is 6. The first-order valence-electron chi connectivity index (χ1n) is 6.32. The van der Waals surface area contributed by atoms with E-state index in [1.807, 2.05) is 12.1 Å². The van der Waals surface area contributed by atoms with Crippen molar-refractivity contribution >= 4 is 23.1 Å². The van der Waals surface area contributed by atoms with E-state index in [2.05, 4.69) is 20.1 Å². The number of halogens is 1. The van der Waals surface area contributed by atoms with Crippen molar-refractivity contribution in [3.63, 3.8) is 0 Å². The summed E-state index contributed by atoms with van der Waals surface area (Å²) in [6.45, 7) is 1.61. The third-order valence-electron chi connectivity index (χ3n) is 2.99. The number of hydrogen-bond donors (Lipinski definition) is 0. The van der Waals surface area contributed by atoms with Crippen LogP contribution in [0.4, 0.5) is 0 Å². The van der Waals surface area contributed by atoms with Gasteiger partial charge in [0.05, 0.1) is 0 Å². The van der Waals surface area contributed by atoms with Crippen molar-refractivity contribution < 1.29 is 9.63 Å². The van der Waals surface area contributed by atoms with Crippen molar-refractivity contribution in [2.24, 2.45) is 5.16 Å². The zero-order chi connectivity index (χ0) is 15.2. The van der Waals surface area contributed by atoms with Crippen LogP contribution in [0.3, 0.4) is 0 Å². The molecule has 0 radical (unpaired) electrons. The van der Waals surface area contributed by atoms with Crippen LogP contribution in [-0.4, -0.2) is 33.4 Å². The quantitative estimate of drug-likeness (QED) is 0.606. The molecule has 1 atom stereocenters. The summed E-state index contributed by atoms with van der Waals surface area (Å²) in [4.78, 5) is 21.0. The SMILES string of the molecule is CON=C(C)C(=O)C(Cc1ccc(Cl)cc1)n1cncn1. The van der Waals surface area contributed by atoms with Crippen LogP contribution in [0.2, 0.25) is 5.02 Å². The van der Waals surface area contributed by atoms with Gasteiger partial charge in [-0.05, 0) is 24.6 Å². The van der Waals surface area contributed by atoms with Gasteiger partial charge < -0.3 is 4.84 Å². The second-order valence-electron chi connectivity index (χ2n) is 4.45. The molecule has 0 aliphatic carbocycles. The molecule has 7 heteroatoms. The molecule has 0 amide bonds. The normalized spacial score (nSPS) is 13.0. The van der Waals surface area contributed by atoms with E-state index in [9.17, 15) is 4.79 Å². The summed E-state index contributed by atoms with van der Waals surface area (Å²) in [7, 11) is 1.40. The van der Waals surface area contributed by atoms with E-state index < -0.39 is 6.04 Å². The van der Waals surface area contributed by atoms with Crippen molar-refractivity contribution in [1.29, 1.82) is 0 Å². The standard InChI is InChI=1S/C14H15ClN4O2/c1-10(18-21-2)14(20)13(19-9-16-8-17-19)7-11-3-5-12(15)6-4-11/h3-6,8-9,13H,7H2,1-2H3. The van der Waals surface area contributed by atoms with Gasteiger partial charge in [-0.15, -0.1) is 0 Å². The minimum atomic E-state index is -0.521. The number of ketones is 1. The topological polar surface area (TPSA) is 69.4 Å². The lowest BCUT2D eigenvalue weighted by molar-refractivity contribution is -0.116. The predicted octanol–water partition coefficient (Wildman–Crippen LogP) is 2.31. The largest absolute Gasteiger partial charge is 0.399 e. The van der Waals surface area contributed by atoms with Crippen molar-refractivity contribution in [2.45, 2.75) is 19.4 Å². The maximum atomic E-state index is 12.5. The molecule has 6 nitrogen and oxygen atoms in total. The van der Waals surface area contributed by atoms with Gasteiger partial charge in [0.25, 0.3) is 0 Å². The number of aromatic nitrogens is 3. The lowest BCUT2D eigenvalue weighted by Gasteiger charge is -2.15. The monoisotopic (exact) mass is 306 g/mol. The third-order valence-corrected chi connectivity index (χ3v) is 3.24. The maximum absolute atomic E-state index is 12.5. The average molecular weight is 307 g/mol. The van der Waals surface area contributed by atoms with Crippen LogP contribution in [-0.2, 0) is 16.1 Å². The van der Waals surface area contributed by atoms with Gasteiger partial charge in [-0.3, -0.25) is 4.79 Å². The van der Waals surface area contributed by atoms with E-state index in [1.54, 1.807) is 19.1 Å². The molecule has 1 unspecified atom stereocenters. The van der Waals surface area contributed by atoms with Crippen LogP contribution >= 0.6 is 11.6 Å². The molecule has 0 aliphatic rings. The lowest BCUT2D eigenvalue weighted by atomic mass is 10.0. The highest BCUT2D eigenvalue weighted by atomic mass is 35.5. The molecule has 0 bridgehead atoms. The molecule has 0 saturated carbocycles. The number of carbonyl (C=O) groups excluding carboxylic acids is 1. The fraction of sp³-hybridized carbons (Fsp3) is 0.286. The Balaban J connectivity index is 2.27. The Bertz CT molecular complexity index is 623.